The predicted octanol–water partition coefficient (Wildman–Crippen LogP) is 2.31. The lowest BCUT2D eigenvalue weighted by Gasteiger charge is -2.03. The number of nitrogens with zero attached hydrogens (tertiary/aromatic N) is 2. The molecule has 5 heteroatoms. The standard InChI is InChI=1S/C12H15N3O2/c1-8-9(2)17-12(15-8)7-14-11-5-4-10(16-3)6-13-11/h4-6H,7H2,1-3H3,(H,13,14). The summed E-state index contributed by atoms with van der Waals surface area (Å²) in [5.41, 5.74) is 0.921. The number of pyridine rings is 1. The van der Waals surface area contributed by atoms with Crippen molar-refractivity contribution in [3.63, 3.8) is 0 Å². The summed E-state index contributed by atoms with van der Waals surface area (Å²) in [6, 6.07) is 3.70. The van der Waals surface area contributed by atoms with Crippen molar-refractivity contribution in [2.45, 2.75) is 20.4 Å². The van der Waals surface area contributed by atoms with Crippen LogP contribution in [-0.2, 0) is 6.54 Å². The summed E-state index contributed by atoms with van der Waals surface area (Å²) in [7, 11) is 1.61. The van der Waals surface area contributed by atoms with Crippen molar-refractivity contribution >= 4 is 5.82 Å². The van der Waals surface area contributed by atoms with E-state index in [-0.39, 0.29) is 0 Å². The number of nitrogens with one attached hydrogen (secondary N) is 1. The molecule has 0 aromatic carbocycles. The van der Waals surface area contributed by atoms with Crippen LogP contribution in [0.1, 0.15) is 17.3 Å². The molecule has 0 radical (unpaired) electrons. The van der Waals surface area contributed by atoms with Gasteiger partial charge in [0.05, 0.1) is 25.5 Å². The number of anilines is 1. The number of hydrogen-bond acceptors (Lipinski definition) is 5. The van der Waals surface area contributed by atoms with Crippen LogP contribution >= 0.6 is 0 Å². The lowest BCUT2D eigenvalue weighted by molar-refractivity contribution is 0.413. The maximum absolute atomic E-state index is 5.45. The molecule has 0 aliphatic rings. The Bertz CT molecular complexity index is 471. The summed E-state index contributed by atoms with van der Waals surface area (Å²) in [6.07, 6.45) is 1.66. The van der Waals surface area contributed by atoms with Gasteiger partial charge in [-0.3, -0.25) is 0 Å². The Labute approximate surface area is 99.8 Å². The Balaban J connectivity index is 1.97. The number of rotatable bonds is 4. The van der Waals surface area contributed by atoms with Crippen LogP contribution < -0.4 is 10.1 Å². The van der Waals surface area contributed by atoms with Gasteiger partial charge in [0.25, 0.3) is 0 Å². The summed E-state index contributed by atoms with van der Waals surface area (Å²) in [5, 5.41) is 3.13. The van der Waals surface area contributed by atoms with E-state index in [1.165, 1.54) is 0 Å². The highest BCUT2D eigenvalue weighted by atomic mass is 16.5. The molecular weight excluding hydrogens is 218 g/mol. The van der Waals surface area contributed by atoms with Crippen molar-refractivity contribution < 1.29 is 9.15 Å². The van der Waals surface area contributed by atoms with Crippen molar-refractivity contribution in [1.82, 2.24) is 9.97 Å². The average Bonchev–Trinajstić information content (AvgIpc) is 2.67. The van der Waals surface area contributed by atoms with Crippen molar-refractivity contribution in [2.24, 2.45) is 0 Å². The van der Waals surface area contributed by atoms with Gasteiger partial charge in [0.1, 0.15) is 17.3 Å². The predicted molar refractivity (Wildman–Crippen MR) is 64.1 cm³/mol. The Kier molecular flexibility index (Phi) is 3.27. The molecule has 5 nitrogen and oxygen atoms in total. The Morgan fingerprint density at radius 3 is 2.71 bits per heavy atom. The maximum atomic E-state index is 5.45. The maximum Gasteiger partial charge on any atom is 0.213 e. The van der Waals surface area contributed by atoms with Gasteiger partial charge in [0.15, 0.2) is 0 Å². The number of aryl methyl sites for hydroxylation is 2. The van der Waals surface area contributed by atoms with Crippen LogP contribution in [0, 0.1) is 13.8 Å². The van der Waals surface area contributed by atoms with Crippen LogP contribution in [0.15, 0.2) is 22.7 Å². The minimum absolute atomic E-state index is 0.522. The zero-order chi connectivity index (χ0) is 12.3. The van der Waals surface area contributed by atoms with Gasteiger partial charge in [0.2, 0.25) is 5.89 Å². The monoisotopic (exact) mass is 233 g/mol. The van der Waals surface area contributed by atoms with E-state index in [1.807, 2.05) is 26.0 Å². The van der Waals surface area contributed by atoms with Crippen LogP contribution in [-0.4, -0.2) is 17.1 Å². The van der Waals surface area contributed by atoms with Gasteiger partial charge in [-0.2, -0.15) is 0 Å². The zero-order valence-electron chi connectivity index (χ0n) is 10.2. The fourth-order valence-electron chi connectivity index (χ4n) is 1.39. The lowest BCUT2D eigenvalue weighted by atomic mass is 10.4. The summed E-state index contributed by atoms with van der Waals surface area (Å²) in [4.78, 5) is 8.47. The quantitative estimate of drug-likeness (QED) is 0.878. The van der Waals surface area contributed by atoms with E-state index in [1.54, 1.807) is 13.3 Å². The molecule has 2 aromatic heterocycles. The summed E-state index contributed by atoms with van der Waals surface area (Å²) in [6.45, 7) is 4.35. The van der Waals surface area contributed by atoms with Crippen LogP contribution in [0.25, 0.3) is 0 Å². The highest BCUT2D eigenvalue weighted by Crippen LogP contribution is 2.13. The summed E-state index contributed by atoms with van der Waals surface area (Å²) >= 11 is 0. The SMILES string of the molecule is COc1ccc(NCc2nc(C)c(C)o2)nc1. The van der Waals surface area contributed by atoms with E-state index in [4.69, 9.17) is 9.15 Å². The molecule has 17 heavy (non-hydrogen) atoms. The van der Waals surface area contributed by atoms with Crippen molar-refractivity contribution in [3.05, 3.63) is 35.7 Å². The first-order valence-corrected chi connectivity index (χ1v) is 5.36. The number of aromatic nitrogens is 2. The molecule has 0 bridgehead atoms. The molecule has 90 valence electrons. The lowest BCUT2D eigenvalue weighted by Crippen LogP contribution is -2.01. The average molecular weight is 233 g/mol. The molecule has 2 heterocycles. The smallest absolute Gasteiger partial charge is 0.213 e. The first-order valence-electron chi connectivity index (χ1n) is 5.36. The van der Waals surface area contributed by atoms with E-state index in [0.29, 0.717) is 12.4 Å². The van der Waals surface area contributed by atoms with Crippen molar-refractivity contribution in [1.29, 1.82) is 0 Å². The van der Waals surface area contributed by atoms with E-state index < -0.39 is 0 Å². The van der Waals surface area contributed by atoms with Gasteiger partial charge in [0, 0.05) is 0 Å². The highest BCUT2D eigenvalue weighted by molar-refractivity contribution is 5.37. The molecule has 0 aliphatic heterocycles. The third kappa shape index (κ3) is 2.75. The van der Waals surface area contributed by atoms with Crippen molar-refractivity contribution in [3.8, 4) is 5.75 Å². The third-order valence-corrected chi connectivity index (χ3v) is 2.47. The fraction of sp³-hybridized carbons (Fsp3) is 0.333. The molecule has 0 saturated carbocycles. The van der Waals surface area contributed by atoms with Gasteiger partial charge < -0.3 is 14.5 Å². The summed E-state index contributed by atoms with van der Waals surface area (Å²) in [5.74, 6) is 3.01. The highest BCUT2D eigenvalue weighted by Gasteiger charge is 2.05. The second-order valence-electron chi connectivity index (χ2n) is 3.69. The van der Waals surface area contributed by atoms with Crippen LogP contribution in [0.4, 0.5) is 5.82 Å². The minimum atomic E-state index is 0.522. The molecule has 0 unspecified atom stereocenters. The normalized spacial score (nSPS) is 10.3. The first kappa shape index (κ1) is 11.4. The molecule has 2 rings (SSSR count). The van der Waals surface area contributed by atoms with Crippen LogP contribution in [0.5, 0.6) is 5.75 Å². The zero-order valence-corrected chi connectivity index (χ0v) is 10.2. The van der Waals surface area contributed by atoms with E-state index >= 15 is 0 Å². The van der Waals surface area contributed by atoms with E-state index in [2.05, 4.69) is 15.3 Å². The summed E-state index contributed by atoms with van der Waals surface area (Å²) < 4.78 is 10.5. The topological polar surface area (TPSA) is 60.2 Å². The molecule has 1 N–H and O–H groups in total. The molecule has 0 spiro atoms. The van der Waals surface area contributed by atoms with Gasteiger partial charge >= 0.3 is 0 Å². The fourth-order valence-corrected chi connectivity index (χ4v) is 1.39. The van der Waals surface area contributed by atoms with Crippen molar-refractivity contribution in [2.75, 3.05) is 12.4 Å². The molecule has 0 atom stereocenters. The van der Waals surface area contributed by atoms with E-state index in [9.17, 15) is 0 Å². The molecule has 2 aromatic rings. The van der Waals surface area contributed by atoms with E-state index in [0.717, 1.165) is 23.0 Å². The molecular formula is C12H15N3O2. The molecule has 0 aliphatic carbocycles. The largest absolute Gasteiger partial charge is 0.495 e. The van der Waals surface area contributed by atoms with Crippen LogP contribution in [0.2, 0.25) is 0 Å². The first-order chi connectivity index (χ1) is 8.19. The molecule has 0 saturated heterocycles. The second-order valence-corrected chi connectivity index (χ2v) is 3.69. The Hall–Kier alpha value is -2.04. The van der Waals surface area contributed by atoms with Crippen LogP contribution in [0.3, 0.4) is 0 Å². The van der Waals surface area contributed by atoms with Gasteiger partial charge in [-0.1, -0.05) is 0 Å². The van der Waals surface area contributed by atoms with Gasteiger partial charge in [-0.05, 0) is 26.0 Å². The Morgan fingerprint density at radius 1 is 1.35 bits per heavy atom. The molecule has 0 fully saturated rings. The number of oxazole rings is 1. The minimum Gasteiger partial charge on any atom is -0.495 e. The Morgan fingerprint density at radius 2 is 2.18 bits per heavy atom. The number of ether oxygens (including phenoxy) is 1. The number of hydrogen-bond donors (Lipinski definition) is 1. The number of methoxy groups -OCH3 is 1. The molecule has 0 amide bonds. The van der Waals surface area contributed by atoms with Gasteiger partial charge in [-0.25, -0.2) is 9.97 Å². The van der Waals surface area contributed by atoms with Gasteiger partial charge in [-0.15, -0.1) is 0 Å². The third-order valence-electron chi connectivity index (χ3n) is 2.47. The second kappa shape index (κ2) is 4.86.